The fraction of sp³-hybridized carbons (Fsp3) is 0.167. The number of aromatic nitrogens is 2. The first-order chi connectivity index (χ1) is 12.7. The van der Waals surface area contributed by atoms with Crippen molar-refractivity contribution in [2.24, 2.45) is 10.2 Å². The molecular formula is C18H15N5O3. The van der Waals surface area contributed by atoms with Crippen LogP contribution in [0.25, 0.3) is 5.65 Å². The summed E-state index contributed by atoms with van der Waals surface area (Å²) in [5.41, 5.74) is 2.06. The number of nitrogens with zero attached hydrogens (tertiary/aromatic N) is 5. The summed E-state index contributed by atoms with van der Waals surface area (Å²) in [5.74, 6) is -0.397. The smallest absolute Gasteiger partial charge is 0.360 e. The maximum absolute atomic E-state index is 12.2. The first-order valence-electron chi connectivity index (χ1n) is 7.87. The van der Waals surface area contributed by atoms with Crippen molar-refractivity contribution >= 4 is 23.1 Å². The van der Waals surface area contributed by atoms with Gasteiger partial charge in [-0.25, -0.2) is 9.78 Å². The number of carbonyl (C=O) groups is 1. The lowest BCUT2D eigenvalue weighted by Gasteiger charge is -2.00. The Hall–Kier alpha value is -3.57. The number of azo groups is 1. The van der Waals surface area contributed by atoms with E-state index in [0.29, 0.717) is 22.5 Å². The van der Waals surface area contributed by atoms with E-state index in [4.69, 9.17) is 10.00 Å². The fourth-order valence-corrected chi connectivity index (χ4v) is 2.35. The summed E-state index contributed by atoms with van der Waals surface area (Å²) in [5, 5.41) is 26.5. The number of hydrogen-bond donors (Lipinski definition) is 1. The van der Waals surface area contributed by atoms with Gasteiger partial charge in [0.1, 0.15) is 5.65 Å². The second-order valence-corrected chi connectivity index (χ2v) is 5.29. The average Bonchev–Trinajstić information content (AvgIpc) is 3.04. The molecule has 2 heterocycles. The third kappa shape index (κ3) is 3.43. The number of hydrogen-bond acceptors (Lipinski definition) is 7. The zero-order chi connectivity index (χ0) is 18.5. The zero-order valence-corrected chi connectivity index (χ0v) is 14.0. The van der Waals surface area contributed by atoms with Gasteiger partial charge in [-0.15, -0.1) is 10.2 Å². The molecule has 130 valence electrons. The van der Waals surface area contributed by atoms with E-state index in [1.165, 1.54) is 0 Å². The molecule has 0 saturated carbocycles. The minimum Gasteiger partial charge on any atom is -0.461 e. The maximum atomic E-state index is 12.2. The van der Waals surface area contributed by atoms with Crippen LogP contribution in [-0.2, 0) is 11.3 Å². The first-order valence-corrected chi connectivity index (χ1v) is 7.87. The van der Waals surface area contributed by atoms with Crippen molar-refractivity contribution in [1.82, 2.24) is 9.38 Å². The van der Waals surface area contributed by atoms with E-state index in [-0.39, 0.29) is 24.7 Å². The van der Waals surface area contributed by atoms with Gasteiger partial charge >= 0.3 is 5.97 Å². The summed E-state index contributed by atoms with van der Waals surface area (Å²) < 4.78 is 6.62. The van der Waals surface area contributed by atoms with Gasteiger partial charge < -0.3 is 9.84 Å². The first kappa shape index (κ1) is 17.3. The Morgan fingerprint density at radius 1 is 1.35 bits per heavy atom. The molecule has 0 saturated heterocycles. The largest absolute Gasteiger partial charge is 0.461 e. The predicted octanol–water partition coefficient (Wildman–Crippen LogP) is 3.29. The highest BCUT2D eigenvalue weighted by Gasteiger charge is 2.20. The molecule has 1 N–H and O–H groups in total. The molecule has 0 unspecified atom stereocenters. The molecule has 2 aromatic heterocycles. The van der Waals surface area contributed by atoms with Gasteiger partial charge in [0.25, 0.3) is 0 Å². The molecule has 0 aliphatic heterocycles. The van der Waals surface area contributed by atoms with Crippen molar-refractivity contribution in [2.75, 3.05) is 6.61 Å². The van der Waals surface area contributed by atoms with Crippen molar-refractivity contribution in [3.8, 4) is 6.07 Å². The highest BCUT2D eigenvalue weighted by Crippen LogP contribution is 2.26. The Bertz CT molecular complexity index is 1030. The predicted molar refractivity (Wildman–Crippen MR) is 92.4 cm³/mol. The van der Waals surface area contributed by atoms with Crippen molar-refractivity contribution in [2.45, 2.75) is 13.5 Å². The number of imidazole rings is 1. The Kier molecular flexibility index (Phi) is 5.01. The molecule has 0 spiro atoms. The number of esters is 1. The molecular weight excluding hydrogens is 334 g/mol. The standard InChI is InChI=1S/C18H15N5O3/c1-2-26-18(25)16-17(22-21-14-5-3-4-12(8-14)10-19)23-7-6-13(11-24)9-15(23)20-16/h3-9,24H,2,11H2,1H3. The van der Waals surface area contributed by atoms with Gasteiger partial charge in [0.15, 0.2) is 11.5 Å². The number of ether oxygens (including phenoxy) is 1. The normalized spacial score (nSPS) is 11.0. The van der Waals surface area contributed by atoms with Crippen molar-refractivity contribution in [1.29, 1.82) is 5.26 Å². The minimum absolute atomic E-state index is 0.0297. The van der Waals surface area contributed by atoms with Crippen molar-refractivity contribution in [3.63, 3.8) is 0 Å². The molecule has 0 aliphatic carbocycles. The lowest BCUT2D eigenvalue weighted by molar-refractivity contribution is 0.0521. The van der Waals surface area contributed by atoms with Crippen LogP contribution < -0.4 is 0 Å². The average molecular weight is 349 g/mol. The van der Waals surface area contributed by atoms with Gasteiger partial charge in [0, 0.05) is 6.20 Å². The number of carbonyl (C=O) groups excluding carboxylic acids is 1. The van der Waals surface area contributed by atoms with E-state index < -0.39 is 5.97 Å². The summed E-state index contributed by atoms with van der Waals surface area (Å²) in [7, 11) is 0. The third-order valence-corrected chi connectivity index (χ3v) is 3.55. The molecule has 8 nitrogen and oxygen atoms in total. The van der Waals surface area contributed by atoms with Crippen molar-refractivity contribution in [3.05, 3.63) is 59.4 Å². The Morgan fingerprint density at radius 3 is 2.92 bits per heavy atom. The molecule has 0 fully saturated rings. The quantitative estimate of drug-likeness (QED) is 0.561. The van der Waals surface area contributed by atoms with Crippen LogP contribution in [0.3, 0.4) is 0 Å². The molecule has 0 amide bonds. The second-order valence-electron chi connectivity index (χ2n) is 5.29. The molecule has 3 aromatic rings. The highest BCUT2D eigenvalue weighted by molar-refractivity contribution is 5.93. The lowest BCUT2D eigenvalue weighted by Crippen LogP contribution is -2.05. The highest BCUT2D eigenvalue weighted by atomic mass is 16.5. The second kappa shape index (κ2) is 7.55. The summed E-state index contributed by atoms with van der Waals surface area (Å²) in [6.07, 6.45) is 1.65. The van der Waals surface area contributed by atoms with Gasteiger partial charge in [-0.3, -0.25) is 4.40 Å². The van der Waals surface area contributed by atoms with Crippen LogP contribution in [0.1, 0.15) is 28.5 Å². The number of nitriles is 1. The zero-order valence-electron chi connectivity index (χ0n) is 14.0. The summed E-state index contributed by atoms with van der Waals surface area (Å²) >= 11 is 0. The van der Waals surface area contributed by atoms with Crippen LogP contribution in [0.15, 0.2) is 52.8 Å². The van der Waals surface area contributed by atoms with Gasteiger partial charge in [-0.05, 0) is 42.8 Å². The molecule has 26 heavy (non-hydrogen) atoms. The van der Waals surface area contributed by atoms with E-state index in [0.717, 1.165) is 0 Å². The SMILES string of the molecule is CCOC(=O)c1nc2cc(CO)ccn2c1N=Nc1cccc(C#N)c1. The van der Waals surface area contributed by atoms with Gasteiger partial charge in [0.05, 0.1) is 30.5 Å². The number of benzene rings is 1. The van der Waals surface area contributed by atoms with E-state index in [1.54, 1.807) is 53.9 Å². The number of pyridine rings is 1. The Morgan fingerprint density at radius 2 is 2.19 bits per heavy atom. The Labute approximate surface area is 149 Å². The molecule has 0 radical (unpaired) electrons. The number of rotatable bonds is 5. The molecule has 0 atom stereocenters. The lowest BCUT2D eigenvalue weighted by atomic mass is 10.2. The van der Waals surface area contributed by atoms with Crippen LogP contribution >= 0.6 is 0 Å². The summed E-state index contributed by atoms with van der Waals surface area (Å²) in [4.78, 5) is 16.5. The molecule has 8 heteroatoms. The minimum atomic E-state index is -0.610. The third-order valence-electron chi connectivity index (χ3n) is 3.55. The van der Waals surface area contributed by atoms with E-state index in [9.17, 15) is 9.90 Å². The monoisotopic (exact) mass is 349 g/mol. The summed E-state index contributed by atoms with van der Waals surface area (Å²) in [6, 6.07) is 12.0. The van der Waals surface area contributed by atoms with Crippen LogP contribution in [0.5, 0.6) is 0 Å². The van der Waals surface area contributed by atoms with Crippen LogP contribution in [0.4, 0.5) is 11.5 Å². The Balaban J connectivity index is 2.09. The van der Waals surface area contributed by atoms with Crippen LogP contribution in [0.2, 0.25) is 0 Å². The number of aliphatic hydroxyl groups excluding tert-OH is 1. The van der Waals surface area contributed by atoms with E-state index in [1.807, 2.05) is 6.07 Å². The van der Waals surface area contributed by atoms with Gasteiger partial charge in [-0.2, -0.15) is 5.26 Å². The van der Waals surface area contributed by atoms with E-state index >= 15 is 0 Å². The molecule has 1 aromatic carbocycles. The van der Waals surface area contributed by atoms with Gasteiger partial charge in [-0.1, -0.05) is 6.07 Å². The molecule has 3 rings (SSSR count). The maximum Gasteiger partial charge on any atom is 0.360 e. The molecule has 0 aliphatic rings. The molecule has 0 bridgehead atoms. The van der Waals surface area contributed by atoms with Crippen LogP contribution in [-0.4, -0.2) is 27.1 Å². The van der Waals surface area contributed by atoms with E-state index in [2.05, 4.69) is 15.2 Å². The van der Waals surface area contributed by atoms with Crippen molar-refractivity contribution < 1.29 is 14.6 Å². The topological polar surface area (TPSA) is 112 Å². The fourth-order valence-electron chi connectivity index (χ4n) is 2.35. The number of aliphatic hydroxyl groups is 1. The van der Waals surface area contributed by atoms with Crippen LogP contribution in [0, 0.1) is 11.3 Å². The summed E-state index contributed by atoms with van der Waals surface area (Å²) in [6.45, 7) is 1.76. The van der Waals surface area contributed by atoms with Gasteiger partial charge in [0.2, 0.25) is 0 Å². The number of fused-ring (bicyclic) bond motifs is 1.